The van der Waals surface area contributed by atoms with Crippen LogP contribution in [0.15, 0.2) is 66.6 Å². The maximum absolute atomic E-state index is 13.9. The van der Waals surface area contributed by atoms with E-state index in [9.17, 15) is 9.18 Å². The number of amides is 1. The number of nitrogens with zero attached hydrogens (tertiary/aromatic N) is 2. The number of halogens is 1. The van der Waals surface area contributed by atoms with Gasteiger partial charge in [0.2, 0.25) is 0 Å². The summed E-state index contributed by atoms with van der Waals surface area (Å²) < 4.78 is 19.9. The van der Waals surface area contributed by atoms with Crippen molar-refractivity contribution in [3.8, 4) is 11.5 Å². The predicted octanol–water partition coefficient (Wildman–Crippen LogP) is 4.86. The van der Waals surface area contributed by atoms with Gasteiger partial charge < -0.3 is 15.4 Å². The third kappa shape index (κ3) is 4.53. The molecule has 0 aliphatic carbocycles. The van der Waals surface area contributed by atoms with Crippen molar-refractivity contribution in [2.75, 3.05) is 12.4 Å². The number of aromatic amines is 1. The Hall–Kier alpha value is -4.20. The van der Waals surface area contributed by atoms with Gasteiger partial charge in [0.15, 0.2) is 17.3 Å². The van der Waals surface area contributed by atoms with Crippen molar-refractivity contribution < 1.29 is 13.9 Å². The Labute approximate surface area is 178 Å². The van der Waals surface area contributed by atoms with Gasteiger partial charge in [0.1, 0.15) is 16.9 Å². The van der Waals surface area contributed by atoms with Crippen molar-refractivity contribution in [3.63, 3.8) is 0 Å². The molecule has 0 aliphatic heterocycles. The lowest BCUT2D eigenvalue weighted by Crippen LogP contribution is -2.17. The lowest BCUT2D eigenvalue weighted by molar-refractivity contribution is -0.118. The molecular formula is C23H20FN5O2. The zero-order valence-electron chi connectivity index (χ0n) is 16.9. The second-order valence-corrected chi connectivity index (χ2v) is 6.84. The minimum absolute atomic E-state index is 0.512. The zero-order chi connectivity index (χ0) is 21.8. The van der Waals surface area contributed by atoms with Crippen molar-refractivity contribution in [2.24, 2.45) is 0 Å². The van der Waals surface area contributed by atoms with Crippen LogP contribution in [0.25, 0.3) is 17.1 Å². The Morgan fingerprint density at radius 2 is 1.97 bits per heavy atom. The minimum Gasteiger partial charge on any atom is -0.456 e. The SMILES string of the molecule is CNC(=O)/C(F)=C/c1cccc(Nc2n[nH]c3nccc(Oc4ccc(C)cc4)c23)c1. The van der Waals surface area contributed by atoms with E-state index in [0.29, 0.717) is 39.6 Å². The van der Waals surface area contributed by atoms with Crippen LogP contribution >= 0.6 is 0 Å². The molecule has 2 aromatic carbocycles. The van der Waals surface area contributed by atoms with Crippen LogP contribution in [0.4, 0.5) is 15.9 Å². The van der Waals surface area contributed by atoms with Crippen molar-refractivity contribution in [1.82, 2.24) is 20.5 Å². The Morgan fingerprint density at radius 3 is 2.74 bits per heavy atom. The maximum Gasteiger partial charge on any atom is 0.279 e. The topological polar surface area (TPSA) is 91.9 Å². The maximum atomic E-state index is 13.9. The third-order valence-corrected chi connectivity index (χ3v) is 4.56. The number of aryl methyl sites for hydroxylation is 1. The van der Waals surface area contributed by atoms with Crippen LogP contribution in [0.2, 0.25) is 0 Å². The highest BCUT2D eigenvalue weighted by Gasteiger charge is 2.14. The molecule has 0 atom stereocenters. The number of fused-ring (bicyclic) bond motifs is 1. The standard InChI is InChI=1S/C23H20FN5O2/c1-14-6-8-17(9-7-14)31-19-10-11-26-21-20(19)22(29-28-21)27-16-5-3-4-15(12-16)13-18(24)23(30)25-2/h3-13H,1-2H3,(H,25,30)(H2,26,27,28,29)/b18-13-. The van der Waals surface area contributed by atoms with Gasteiger partial charge in [0.25, 0.3) is 5.91 Å². The summed E-state index contributed by atoms with van der Waals surface area (Å²) in [6, 6.07) is 16.5. The average molecular weight is 417 g/mol. The number of hydrogen-bond acceptors (Lipinski definition) is 5. The molecule has 31 heavy (non-hydrogen) atoms. The first-order valence-corrected chi connectivity index (χ1v) is 9.57. The molecule has 0 spiro atoms. The smallest absolute Gasteiger partial charge is 0.279 e. The van der Waals surface area contributed by atoms with E-state index in [-0.39, 0.29) is 0 Å². The summed E-state index contributed by atoms with van der Waals surface area (Å²) in [5.41, 5.74) is 2.89. The van der Waals surface area contributed by atoms with E-state index in [1.165, 1.54) is 13.1 Å². The quantitative estimate of drug-likeness (QED) is 0.390. The summed E-state index contributed by atoms with van der Waals surface area (Å²) in [4.78, 5) is 15.7. The average Bonchev–Trinajstić information content (AvgIpc) is 3.18. The van der Waals surface area contributed by atoms with Crippen molar-refractivity contribution in [1.29, 1.82) is 0 Å². The molecule has 4 aromatic rings. The Kier molecular flexibility index (Phi) is 5.61. The molecule has 0 saturated carbocycles. The molecule has 3 N–H and O–H groups in total. The van der Waals surface area contributed by atoms with Gasteiger partial charge in [-0.15, -0.1) is 0 Å². The van der Waals surface area contributed by atoms with Crippen LogP contribution in [0.1, 0.15) is 11.1 Å². The summed E-state index contributed by atoms with van der Waals surface area (Å²) in [5, 5.41) is 13.3. The highest BCUT2D eigenvalue weighted by molar-refractivity contribution is 5.96. The number of hydrogen-bond donors (Lipinski definition) is 3. The molecule has 0 aliphatic rings. The summed E-state index contributed by atoms with van der Waals surface area (Å²) in [5.74, 6) is 0.149. The normalized spacial score (nSPS) is 11.4. The van der Waals surface area contributed by atoms with Gasteiger partial charge in [-0.25, -0.2) is 9.37 Å². The van der Waals surface area contributed by atoms with Crippen LogP contribution in [-0.2, 0) is 4.79 Å². The second kappa shape index (κ2) is 8.66. The summed E-state index contributed by atoms with van der Waals surface area (Å²) >= 11 is 0. The monoisotopic (exact) mass is 417 g/mol. The Balaban J connectivity index is 1.64. The van der Waals surface area contributed by atoms with E-state index in [2.05, 4.69) is 25.8 Å². The van der Waals surface area contributed by atoms with Crippen molar-refractivity contribution >= 4 is 34.5 Å². The van der Waals surface area contributed by atoms with E-state index < -0.39 is 11.7 Å². The molecule has 0 fully saturated rings. The number of nitrogens with one attached hydrogen (secondary N) is 3. The molecule has 4 rings (SSSR count). The fourth-order valence-electron chi connectivity index (χ4n) is 3.01. The third-order valence-electron chi connectivity index (χ3n) is 4.56. The number of aromatic nitrogens is 3. The van der Waals surface area contributed by atoms with Crippen LogP contribution < -0.4 is 15.4 Å². The van der Waals surface area contributed by atoms with Gasteiger partial charge in [0, 0.05) is 25.0 Å². The minimum atomic E-state index is -0.872. The lowest BCUT2D eigenvalue weighted by atomic mass is 10.1. The van der Waals surface area contributed by atoms with E-state index in [1.807, 2.05) is 37.3 Å². The number of ether oxygens (including phenoxy) is 1. The lowest BCUT2D eigenvalue weighted by Gasteiger charge is -2.09. The highest BCUT2D eigenvalue weighted by atomic mass is 19.1. The van der Waals surface area contributed by atoms with Crippen LogP contribution in [0.3, 0.4) is 0 Å². The van der Waals surface area contributed by atoms with E-state index >= 15 is 0 Å². The fraction of sp³-hybridized carbons (Fsp3) is 0.0870. The van der Waals surface area contributed by atoms with Crippen LogP contribution in [0.5, 0.6) is 11.5 Å². The van der Waals surface area contributed by atoms with Crippen molar-refractivity contribution in [3.05, 3.63) is 77.7 Å². The van der Waals surface area contributed by atoms with Gasteiger partial charge in [-0.05, 0) is 42.8 Å². The summed E-state index contributed by atoms with van der Waals surface area (Å²) in [6.45, 7) is 2.01. The largest absolute Gasteiger partial charge is 0.456 e. The predicted molar refractivity (Wildman–Crippen MR) is 118 cm³/mol. The van der Waals surface area contributed by atoms with Crippen LogP contribution in [0, 0.1) is 6.92 Å². The molecule has 2 aromatic heterocycles. The first kappa shape index (κ1) is 20.1. The molecule has 1 amide bonds. The number of benzene rings is 2. The molecule has 0 unspecified atom stereocenters. The molecule has 0 bridgehead atoms. The molecule has 0 saturated heterocycles. The number of pyridine rings is 1. The van der Waals surface area contributed by atoms with Crippen molar-refractivity contribution in [2.45, 2.75) is 6.92 Å². The highest BCUT2D eigenvalue weighted by Crippen LogP contribution is 2.34. The number of rotatable bonds is 6. The summed E-state index contributed by atoms with van der Waals surface area (Å²) in [7, 11) is 1.38. The summed E-state index contributed by atoms with van der Waals surface area (Å²) in [6.07, 6.45) is 2.81. The van der Waals surface area contributed by atoms with Gasteiger partial charge in [-0.3, -0.25) is 9.89 Å². The van der Waals surface area contributed by atoms with E-state index in [1.54, 1.807) is 30.5 Å². The zero-order valence-corrected chi connectivity index (χ0v) is 16.9. The van der Waals surface area contributed by atoms with Crippen LogP contribution in [-0.4, -0.2) is 28.1 Å². The number of carbonyl (C=O) groups is 1. The molecule has 8 heteroatoms. The number of H-pyrrole nitrogens is 1. The first-order valence-electron chi connectivity index (χ1n) is 9.57. The molecule has 2 heterocycles. The molecular weight excluding hydrogens is 397 g/mol. The Bertz CT molecular complexity index is 1260. The molecule has 0 radical (unpaired) electrons. The number of anilines is 2. The van der Waals surface area contributed by atoms with Gasteiger partial charge in [-0.1, -0.05) is 29.8 Å². The second-order valence-electron chi connectivity index (χ2n) is 6.84. The van der Waals surface area contributed by atoms with E-state index in [4.69, 9.17) is 4.74 Å². The van der Waals surface area contributed by atoms with Gasteiger partial charge in [-0.2, -0.15) is 5.10 Å². The number of carbonyl (C=O) groups excluding carboxylic acids is 1. The molecule has 156 valence electrons. The molecule has 7 nitrogen and oxygen atoms in total. The fourth-order valence-corrected chi connectivity index (χ4v) is 3.01. The van der Waals surface area contributed by atoms with Gasteiger partial charge in [0.05, 0.1) is 0 Å². The number of likely N-dealkylation sites (N-methyl/N-ethyl adjacent to an activating group) is 1. The first-order chi connectivity index (χ1) is 15.0. The van der Waals surface area contributed by atoms with Gasteiger partial charge >= 0.3 is 0 Å². The van der Waals surface area contributed by atoms with E-state index in [0.717, 1.165) is 5.56 Å². The Morgan fingerprint density at radius 1 is 1.16 bits per heavy atom.